The number of hydrogen-bond donors (Lipinski definition) is 1. The molecule has 60 valence electrons. The van der Waals surface area contributed by atoms with Gasteiger partial charge < -0.3 is 10.1 Å². The Bertz CT molecular complexity index is 85.7. The van der Waals surface area contributed by atoms with Crippen LogP contribution in [0.25, 0.3) is 0 Å². The maximum absolute atomic E-state index is 9.88. The van der Waals surface area contributed by atoms with E-state index in [4.69, 9.17) is 4.74 Å². The highest BCUT2D eigenvalue weighted by Crippen LogP contribution is 1.99. The van der Waals surface area contributed by atoms with Gasteiger partial charge in [0.05, 0.1) is 6.61 Å². The summed E-state index contributed by atoms with van der Waals surface area (Å²) in [5.41, 5.74) is 0. The Kier molecular flexibility index (Phi) is 6.18. The van der Waals surface area contributed by atoms with Gasteiger partial charge in [0, 0.05) is 13.7 Å². The average Bonchev–Trinajstić information content (AvgIpc) is 1.98. The van der Waals surface area contributed by atoms with Crippen LogP contribution in [0.1, 0.15) is 13.3 Å². The first-order valence-electron chi connectivity index (χ1n) is 3.51. The molecular weight excluding hydrogens is 130 g/mol. The van der Waals surface area contributed by atoms with E-state index >= 15 is 0 Å². The Balaban J connectivity index is 3.29. The monoisotopic (exact) mass is 145 g/mol. The molecule has 3 heteroatoms. The number of carbonyl (C=O) groups excluding carboxylic acids is 1. The van der Waals surface area contributed by atoms with Crippen LogP contribution in [0.2, 0.25) is 0 Å². The third-order valence-corrected chi connectivity index (χ3v) is 1.47. The summed E-state index contributed by atoms with van der Waals surface area (Å²) in [5.74, 6) is 0.454. The van der Waals surface area contributed by atoms with Gasteiger partial charge in [-0.25, -0.2) is 0 Å². The predicted molar refractivity (Wildman–Crippen MR) is 39.7 cm³/mol. The van der Waals surface area contributed by atoms with Crippen molar-refractivity contribution in [1.82, 2.24) is 5.32 Å². The van der Waals surface area contributed by atoms with Crippen LogP contribution in [0.5, 0.6) is 0 Å². The van der Waals surface area contributed by atoms with Gasteiger partial charge in [-0.1, -0.05) is 6.92 Å². The van der Waals surface area contributed by atoms with Crippen LogP contribution in [-0.4, -0.2) is 26.7 Å². The molecule has 0 aliphatic heterocycles. The molecule has 10 heavy (non-hydrogen) atoms. The molecule has 1 unspecified atom stereocenters. The van der Waals surface area contributed by atoms with E-state index in [9.17, 15) is 4.79 Å². The third kappa shape index (κ3) is 4.32. The number of ether oxygens (including phenoxy) is 1. The highest BCUT2D eigenvalue weighted by molar-refractivity contribution is 5.45. The first-order chi connectivity index (χ1) is 4.85. The van der Waals surface area contributed by atoms with Crippen LogP contribution in [0.15, 0.2) is 0 Å². The number of carbonyl (C=O) groups is 1. The lowest BCUT2D eigenvalue weighted by atomic mass is 10.1. The van der Waals surface area contributed by atoms with Crippen LogP contribution < -0.4 is 5.32 Å². The first kappa shape index (κ1) is 9.43. The molecule has 0 radical (unpaired) electrons. The SMILES string of the molecule is CCC(CNC=O)COC. The summed E-state index contributed by atoms with van der Waals surface area (Å²) in [4.78, 5) is 9.88. The van der Waals surface area contributed by atoms with Crippen molar-refractivity contribution >= 4 is 6.41 Å². The summed E-state index contributed by atoms with van der Waals surface area (Å²) in [6, 6.07) is 0. The Hall–Kier alpha value is -0.570. The number of nitrogens with one attached hydrogen (secondary N) is 1. The topological polar surface area (TPSA) is 38.3 Å². The van der Waals surface area contributed by atoms with E-state index < -0.39 is 0 Å². The van der Waals surface area contributed by atoms with Gasteiger partial charge in [-0.3, -0.25) is 4.79 Å². The fourth-order valence-corrected chi connectivity index (χ4v) is 0.772. The zero-order valence-corrected chi connectivity index (χ0v) is 6.59. The zero-order valence-electron chi connectivity index (χ0n) is 6.59. The van der Waals surface area contributed by atoms with Crippen molar-refractivity contribution in [3.8, 4) is 0 Å². The average molecular weight is 145 g/mol. The van der Waals surface area contributed by atoms with Crippen LogP contribution in [0.4, 0.5) is 0 Å². The van der Waals surface area contributed by atoms with E-state index in [-0.39, 0.29) is 0 Å². The molecule has 0 saturated carbocycles. The Morgan fingerprint density at radius 2 is 2.40 bits per heavy atom. The molecule has 0 bridgehead atoms. The fourth-order valence-electron chi connectivity index (χ4n) is 0.772. The molecule has 0 rings (SSSR count). The van der Waals surface area contributed by atoms with Crippen molar-refractivity contribution in [2.24, 2.45) is 5.92 Å². The predicted octanol–water partition coefficient (Wildman–Crippen LogP) is 0.405. The number of methoxy groups -OCH3 is 1. The highest BCUT2D eigenvalue weighted by atomic mass is 16.5. The Morgan fingerprint density at radius 1 is 1.70 bits per heavy atom. The van der Waals surface area contributed by atoms with Gasteiger partial charge in [0.2, 0.25) is 6.41 Å². The molecule has 1 atom stereocenters. The molecule has 1 amide bonds. The van der Waals surface area contributed by atoms with E-state index in [0.717, 1.165) is 19.4 Å². The maximum atomic E-state index is 9.88. The molecule has 3 nitrogen and oxygen atoms in total. The number of rotatable bonds is 6. The highest BCUT2D eigenvalue weighted by Gasteiger charge is 2.03. The van der Waals surface area contributed by atoms with E-state index in [2.05, 4.69) is 12.2 Å². The van der Waals surface area contributed by atoms with Crippen molar-refractivity contribution in [3.63, 3.8) is 0 Å². The molecule has 1 N–H and O–H groups in total. The minimum atomic E-state index is 0.454. The van der Waals surface area contributed by atoms with Crippen molar-refractivity contribution in [3.05, 3.63) is 0 Å². The smallest absolute Gasteiger partial charge is 0.207 e. The van der Waals surface area contributed by atoms with Gasteiger partial charge in [0.1, 0.15) is 0 Å². The third-order valence-electron chi connectivity index (χ3n) is 1.47. The second-order valence-electron chi connectivity index (χ2n) is 2.26. The van der Waals surface area contributed by atoms with Gasteiger partial charge in [0.15, 0.2) is 0 Å². The van der Waals surface area contributed by atoms with Crippen molar-refractivity contribution in [2.75, 3.05) is 20.3 Å². The summed E-state index contributed by atoms with van der Waals surface area (Å²) in [6.07, 6.45) is 1.76. The van der Waals surface area contributed by atoms with Crippen molar-refractivity contribution in [1.29, 1.82) is 0 Å². The molecular formula is C7H15NO2. The van der Waals surface area contributed by atoms with Gasteiger partial charge in [-0.15, -0.1) is 0 Å². The van der Waals surface area contributed by atoms with Gasteiger partial charge >= 0.3 is 0 Å². The van der Waals surface area contributed by atoms with Crippen LogP contribution in [-0.2, 0) is 9.53 Å². The number of amides is 1. The summed E-state index contributed by atoms with van der Waals surface area (Å²) in [6.45, 7) is 3.52. The van der Waals surface area contributed by atoms with E-state index in [1.807, 2.05) is 0 Å². The minimum Gasteiger partial charge on any atom is -0.384 e. The molecule has 0 aliphatic carbocycles. The van der Waals surface area contributed by atoms with Crippen LogP contribution >= 0.6 is 0 Å². The zero-order chi connectivity index (χ0) is 7.82. The largest absolute Gasteiger partial charge is 0.384 e. The van der Waals surface area contributed by atoms with E-state index in [1.165, 1.54) is 0 Å². The second kappa shape index (κ2) is 6.55. The molecule has 0 fully saturated rings. The minimum absolute atomic E-state index is 0.454. The Labute approximate surface area is 61.8 Å². The lowest BCUT2D eigenvalue weighted by Crippen LogP contribution is -2.23. The van der Waals surface area contributed by atoms with Gasteiger partial charge in [0.25, 0.3) is 0 Å². The molecule has 0 saturated heterocycles. The van der Waals surface area contributed by atoms with Crippen molar-refractivity contribution < 1.29 is 9.53 Å². The van der Waals surface area contributed by atoms with Crippen LogP contribution in [0.3, 0.4) is 0 Å². The molecule has 0 aromatic carbocycles. The molecule has 0 aromatic heterocycles. The lowest BCUT2D eigenvalue weighted by molar-refractivity contribution is -0.109. The van der Waals surface area contributed by atoms with E-state index in [0.29, 0.717) is 12.5 Å². The molecule has 0 heterocycles. The van der Waals surface area contributed by atoms with E-state index in [1.54, 1.807) is 7.11 Å². The fraction of sp³-hybridized carbons (Fsp3) is 0.857. The first-order valence-corrected chi connectivity index (χ1v) is 3.51. The van der Waals surface area contributed by atoms with Crippen LogP contribution in [0, 0.1) is 5.92 Å². The molecule has 0 spiro atoms. The Morgan fingerprint density at radius 3 is 2.80 bits per heavy atom. The summed E-state index contributed by atoms with van der Waals surface area (Å²) in [5, 5.41) is 2.62. The summed E-state index contributed by atoms with van der Waals surface area (Å²) < 4.78 is 4.94. The number of hydrogen-bond acceptors (Lipinski definition) is 2. The van der Waals surface area contributed by atoms with Gasteiger partial charge in [-0.05, 0) is 12.3 Å². The normalized spacial score (nSPS) is 12.6. The second-order valence-corrected chi connectivity index (χ2v) is 2.26. The van der Waals surface area contributed by atoms with Gasteiger partial charge in [-0.2, -0.15) is 0 Å². The standard InChI is InChI=1S/C7H15NO2/c1-3-7(5-10-2)4-8-6-9/h6-7H,3-5H2,1-2H3,(H,8,9). The quantitative estimate of drug-likeness (QED) is 0.549. The molecule has 0 aliphatic rings. The maximum Gasteiger partial charge on any atom is 0.207 e. The van der Waals surface area contributed by atoms with Crippen molar-refractivity contribution in [2.45, 2.75) is 13.3 Å². The summed E-state index contributed by atoms with van der Waals surface area (Å²) in [7, 11) is 1.67. The summed E-state index contributed by atoms with van der Waals surface area (Å²) >= 11 is 0. The lowest BCUT2D eigenvalue weighted by Gasteiger charge is -2.11. The molecule has 0 aromatic rings.